The Morgan fingerprint density at radius 1 is 1.19 bits per heavy atom. The van der Waals surface area contributed by atoms with E-state index < -0.39 is 0 Å². The van der Waals surface area contributed by atoms with Crippen LogP contribution >= 0.6 is 0 Å². The van der Waals surface area contributed by atoms with Crippen molar-refractivity contribution in [1.82, 2.24) is 10.2 Å². The minimum Gasteiger partial charge on any atom is -0.469 e. The van der Waals surface area contributed by atoms with Gasteiger partial charge in [0.25, 0.3) is 0 Å². The van der Waals surface area contributed by atoms with Crippen molar-refractivity contribution in [3.05, 3.63) is 34.9 Å². The molecule has 1 amide bonds. The molecule has 0 aromatic heterocycles. The molecule has 1 aliphatic carbocycles. The van der Waals surface area contributed by atoms with Crippen LogP contribution in [0.15, 0.2) is 18.2 Å². The predicted octanol–water partition coefficient (Wildman–Crippen LogP) is 2.63. The number of hydrogen-bond acceptors (Lipinski definition) is 4. The van der Waals surface area contributed by atoms with Gasteiger partial charge in [0.05, 0.1) is 25.6 Å². The third kappa shape index (κ3) is 4.64. The van der Waals surface area contributed by atoms with E-state index in [0.29, 0.717) is 6.54 Å². The molecular formula is C21H30N2O3. The van der Waals surface area contributed by atoms with Crippen molar-refractivity contribution in [1.29, 1.82) is 0 Å². The lowest BCUT2D eigenvalue weighted by Crippen LogP contribution is -2.43. The van der Waals surface area contributed by atoms with Gasteiger partial charge in [0.2, 0.25) is 5.91 Å². The average Bonchev–Trinajstić information content (AvgIpc) is 2.67. The Bertz CT molecular complexity index is 651. The molecule has 0 unspecified atom stereocenters. The van der Waals surface area contributed by atoms with Crippen molar-refractivity contribution in [2.75, 3.05) is 26.7 Å². The lowest BCUT2D eigenvalue weighted by atomic mass is 9.89. The summed E-state index contributed by atoms with van der Waals surface area (Å²) in [4.78, 5) is 26.1. The topological polar surface area (TPSA) is 58.6 Å². The summed E-state index contributed by atoms with van der Waals surface area (Å²) in [5, 5.41) is 3.12. The van der Waals surface area contributed by atoms with Gasteiger partial charge in [-0.05, 0) is 75.2 Å². The highest BCUT2D eigenvalue weighted by atomic mass is 16.5. The molecule has 1 fully saturated rings. The van der Waals surface area contributed by atoms with Gasteiger partial charge in [0.1, 0.15) is 0 Å². The monoisotopic (exact) mass is 358 g/mol. The SMILES string of the molecule is COC(=O)C1CCN(CC(=O)N[C@H](C)c2ccc3c(c2)CCCC3)CC1. The van der Waals surface area contributed by atoms with E-state index in [0.717, 1.165) is 32.4 Å². The Morgan fingerprint density at radius 3 is 2.58 bits per heavy atom. The number of carbonyl (C=O) groups excluding carboxylic acids is 2. The highest BCUT2D eigenvalue weighted by molar-refractivity contribution is 5.78. The van der Waals surface area contributed by atoms with Gasteiger partial charge in [-0.2, -0.15) is 0 Å². The van der Waals surface area contributed by atoms with Gasteiger partial charge in [-0.1, -0.05) is 18.2 Å². The largest absolute Gasteiger partial charge is 0.469 e. The number of hydrogen-bond donors (Lipinski definition) is 1. The highest BCUT2D eigenvalue weighted by Crippen LogP contribution is 2.25. The van der Waals surface area contributed by atoms with E-state index in [2.05, 4.69) is 28.4 Å². The number of methoxy groups -OCH3 is 1. The van der Waals surface area contributed by atoms with Crippen LogP contribution in [0.1, 0.15) is 55.3 Å². The molecule has 142 valence electrons. The Kier molecular flexibility index (Phi) is 6.30. The van der Waals surface area contributed by atoms with E-state index in [1.54, 1.807) is 0 Å². The van der Waals surface area contributed by atoms with Gasteiger partial charge in [0.15, 0.2) is 0 Å². The van der Waals surface area contributed by atoms with E-state index in [1.807, 2.05) is 6.92 Å². The van der Waals surface area contributed by atoms with Crippen LogP contribution < -0.4 is 5.32 Å². The summed E-state index contributed by atoms with van der Waals surface area (Å²) in [6.45, 7) is 3.97. The standard InChI is InChI=1S/C21H30N2O3/c1-15(18-8-7-16-5-3-4-6-19(16)13-18)22-20(24)14-23-11-9-17(10-12-23)21(25)26-2/h7-8,13,15,17H,3-6,9-12,14H2,1-2H3,(H,22,24)/t15-/m1/s1. The normalized spacial score (nSPS) is 19.5. The van der Waals surface area contributed by atoms with Crippen LogP contribution in [-0.4, -0.2) is 43.5 Å². The molecule has 1 aromatic carbocycles. The van der Waals surface area contributed by atoms with Crippen molar-refractivity contribution in [3.8, 4) is 0 Å². The average molecular weight is 358 g/mol. The summed E-state index contributed by atoms with van der Waals surface area (Å²) in [6, 6.07) is 6.66. The van der Waals surface area contributed by atoms with Gasteiger partial charge in [-0.25, -0.2) is 0 Å². The molecule has 1 aliphatic heterocycles. The van der Waals surface area contributed by atoms with Crippen LogP contribution in [0, 0.1) is 5.92 Å². The number of fused-ring (bicyclic) bond motifs is 1. The first-order valence-corrected chi connectivity index (χ1v) is 9.78. The molecule has 2 aliphatic rings. The molecule has 0 saturated carbocycles. The van der Waals surface area contributed by atoms with Crippen LogP contribution in [0.5, 0.6) is 0 Å². The Labute approximate surface area is 156 Å². The van der Waals surface area contributed by atoms with Gasteiger partial charge < -0.3 is 10.1 Å². The first kappa shape index (κ1) is 18.9. The number of ether oxygens (including phenoxy) is 1. The fourth-order valence-electron chi connectivity index (χ4n) is 4.09. The van der Waals surface area contributed by atoms with Gasteiger partial charge >= 0.3 is 5.97 Å². The number of carbonyl (C=O) groups is 2. The van der Waals surface area contributed by atoms with Crippen molar-refractivity contribution in [2.45, 2.75) is 51.5 Å². The number of likely N-dealkylation sites (tertiary alicyclic amines) is 1. The Morgan fingerprint density at radius 2 is 1.88 bits per heavy atom. The molecule has 1 saturated heterocycles. The fraction of sp³-hybridized carbons (Fsp3) is 0.619. The number of esters is 1. The van der Waals surface area contributed by atoms with Crippen molar-refractivity contribution in [3.63, 3.8) is 0 Å². The second-order valence-electron chi connectivity index (χ2n) is 7.60. The van der Waals surface area contributed by atoms with Crippen LogP contribution in [0.3, 0.4) is 0 Å². The van der Waals surface area contributed by atoms with E-state index in [1.165, 1.54) is 43.1 Å². The summed E-state index contributed by atoms with van der Waals surface area (Å²) in [6.07, 6.45) is 6.40. The second kappa shape index (κ2) is 8.67. The lowest BCUT2D eigenvalue weighted by molar-refractivity contribution is -0.147. The molecule has 5 heteroatoms. The third-order valence-corrected chi connectivity index (χ3v) is 5.74. The zero-order valence-electron chi connectivity index (χ0n) is 15.9. The smallest absolute Gasteiger partial charge is 0.308 e. The zero-order chi connectivity index (χ0) is 18.5. The third-order valence-electron chi connectivity index (χ3n) is 5.74. The summed E-state index contributed by atoms with van der Waals surface area (Å²) < 4.78 is 4.81. The summed E-state index contributed by atoms with van der Waals surface area (Å²) in [5.41, 5.74) is 4.09. The van der Waals surface area contributed by atoms with Crippen LogP contribution in [0.25, 0.3) is 0 Å². The molecule has 1 N–H and O–H groups in total. The molecule has 0 spiro atoms. The molecule has 1 atom stereocenters. The summed E-state index contributed by atoms with van der Waals surface area (Å²) >= 11 is 0. The maximum Gasteiger partial charge on any atom is 0.308 e. The van der Waals surface area contributed by atoms with E-state index in [4.69, 9.17) is 4.74 Å². The maximum atomic E-state index is 12.4. The molecular weight excluding hydrogens is 328 g/mol. The first-order valence-electron chi connectivity index (χ1n) is 9.78. The van der Waals surface area contributed by atoms with Gasteiger partial charge in [-0.3, -0.25) is 14.5 Å². The van der Waals surface area contributed by atoms with Crippen LogP contribution in [-0.2, 0) is 27.2 Å². The van der Waals surface area contributed by atoms with Gasteiger partial charge in [0, 0.05) is 0 Å². The Hall–Kier alpha value is -1.88. The number of nitrogens with one attached hydrogen (secondary N) is 1. The van der Waals surface area contributed by atoms with Crippen molar-refractivity contribution >= 4 is 11.9 Å². The number of amides is 1. The molecule has 5 nitrogen and oxygen atoms in total. The quantitative estimate of drug-likeness (QED) is 0.822. The molecule has 3 rings (SSSR count). The highest BCUT2D eigenvalue weighted by Gasteiger charge is 2.26. The molecule has 0 bridgehead atoms. The van der Waals surface area contributed by atoms with Crippen LogP contribution in [0.4, 0.5) is 0 Å². The maximum absolute atomic E-state index is 12.4. The summed E-state index contributed by atoms with van der Waals surface area (Å²) in [5.74, 6) is -0.101. The zero-order valence-corrected chi connectivity index (χ0v) is 15.9. The number of rotatable bonds is 5. The molecule has 26 heavy (non-hydrogen) atoms. The first-order chi connectivity index (χ1) is 12.6. The number of aryl methyl sites for hydroxylation is 2. The van der Waals surface area contributed by atoms with Crippen molar-refractivity contribution < 1.29 is 14.3 Å². The minimum absolute atomic E-state index is 0.0161. The van der Waals surface area contributed by atoms with E-state index in [-0.39, 0.29) is 23.8 Å². The fourth-order valence-corrected chi connectivity index (χ4v) is 4.09. The predicted molar refractivity (Wildman–Crippen MR) is 101 cm³/mol. The van der Waals surface area contributed by atoms with E-state index in [9.17, 15) is 9.59 Å². The number of piperidine rings is 1. The number of nitrogens with zero attached hydrogens (tertiary/aromatic N) is 1. The van der Waals surface area contributed by atoms with Crippen molar-refractivity contribution in [2.24, 2.45) is 5.92 Å². The lowest BCUT2D eigenvalue weighted by Gasteiger charge is -2.30. The Balaban J connectivity index is 1.48. The molecule has 0 radical (unpaired) electrons. The molecule has 1 aromatic rings. The molecule has 1 heterocycles. The second-order valence-corrected chi connectivity index (χ2v) is 7.60. The van der Waals surface area contributed by atoms with Gasteiger partial charge in [-0.15, -0.1) is 0 Å². The number of benzene rings is 1. The minimum atomic E-state index is -0.130. The van der Waals surface area contributed by atoms with E-state index >= 15 is 0 Å². The van der Waals surface area contributed by atoms with Crippen LogP contribution in [0.2, 0.25) is 0 Å². The summed E-state index contributed by atoms with van der Waals surface area (Å²) in [7, 11) is 1.43.